The number of aliphatic hydroxyl groups is 1. The highest BCUT2D eigenvalue weighted by Gasteiger charge is 2.31. The monoisotopic (exact) mass is 584 g/mol. The molecule has 1 amide bonds. The van der Waals surface area contributed by atoms with Crippen molar-refractivity contribution < 1.29 is 33.0 Å². The molecule has 4 N–H and O–H groups in total. The Balaban J connectivity index is 0.00000760. The lowest BCUT2D eigenvalue weighted by atomic mass is 9.99. The first kappa shape index (κ1) is 34.4. The number of nitrogens with one attached hydrogen (secondary N) is 2. The Hall–Kier alpha value is -2.66. The first-order valence-electron chi connectivity index (χ1n) is 12.8. The van der Waals surface area contributed by atoms with Crippen molar-refractivity contribution in [2.45, 2.75) is 51.8 Å². The number of aliphatic hydroxyl groups excluding tert-OH is 1. The second-order valence-electron chi connectivity index (χ2n) is 9.95. The fraction of sp³-hybridized carbons (Fsp3) is 0.500. The van der Waals surface area contributed by atoms with E-state index in [1.54, 1.807) is 7.11 Å². The third kappa shape index (κ3) is 13.3. The topological polar surface area (TPSA) is 142 Å². The zero-order chi connectivity index (χ0) is 28.1. The molecule has 0 saturated carbocycles. The summed E-state index contributed by atoms with van der Waals surface area (Å²) in [7, 11) is -2.06. The summed E-state index contributed by atoms with van der Waals surface area (Å²) in [6.07, 6.45) is -0.922. The molecule has 0 aliphatic heterocycles. The Morgan fingerprint density at radius 3 is 2.31 bits per heavy atom. The lowest BCUT2D eigenvalue weighted by Crippen LogP contribution is -2.51. The molecule has 0 heterocycles. The number of hydrogen-bond acceptors (Lipinski definition) is 7. The molecular formula is C28H41ClN2O7S. The molecule has 11 heteroatoms. The third-order valence-electron chi connectivity index (χ3n) is 6.16. The van der Waals surface area contributed by atoms with Crippen molar-refractivity contribution in [3.8, 4) is 5.75 Å². The summed E-state index contributed by atoms with van der Waals surface area (Å²) >= 11 is 0. The van der Waals surface area contributed by atoms with Crippen LogP contribution in [0.1, 0.15) is 37.8 Å². The van der Waals surface area contributed by atoms with Crippen molar-refractivity contribution >= 4 is 34.1 Å². The summed E-state index contributed by atoms with van der Waals surface area (Å²) in [5.74, 6) is -3.02. The summed E-state index contributed by atoms with van der Waals surface area (Å²) in [6.45, 7) is 4.39. The van der Waals surface area contributed by atoms with E-state index in [-0.39, 0.29) is 37.0 Å². The van der Waals surface area contributed by atoms with Gasteiger partial charge < -0.3 is 25.6 Å². The van der Waals surface area contributed by atoms with Gasteiger partial charge in [-0.15, -0.1) is 12.4 Å². The molecule has 0 aliphatic carbocycles. The number of halogens is 1. The predicted octanol–water partition coefficient (Wildman–Crippen LogP) is 2.85. The van der Waals surface area contributed by atoms with Crippen LogP contribution in [0, 0.1) is 11.8 Å². The highest BCUT2D eigenvalue weighted by Crippen LogP contribution is 2.15. The maximum absolute atomic E-state index is 13.2. The number of benzene rings is 2. The molecule has 0 saturated heterocycles. The van der Waals surface area contributed by atoms with E-state index >= 15 is 0 Å². The molecule has 0 radical (unpaired) electrons. The van der Waals surface area contributed by atoms with E-state index in [9.17, 15) is 28.2 Å². The average molecular weight is 585 g/mol. The van der Waals surface area contributed by atoms with Crippen molar-refractivity contribution in [2.24, 2.45) is 11.8 Å². The molecule has 0 bridgehead atoms. The lowest BCUT2D eigenvalue weighted by Gasteiger charge is -2.27. The number of carbonyl (C=O) groups is 2. The van der Waals surface area contributed by atoms with Gasteiger partial charge in [0, 0.05) is 13.1 Å². The van der Waals surface area contributed by atoms with Crippen molar-refractivity contribution in [1.29, 1.82) is 0 Å². The lowest BCUT2D eigenvalue weighted by molar-refractivity contribution is -0.141. The Morgan fingerprint density at radius 2 is 1.69 bits per heavy atom. The van der Waals surface area contributed by atoms with Gasteiger partial charge in [0.15, 0.2) is 9.84 Å². The number of amides is 1. The largest absolute Gasteiger partial charge is 0.497 e. The van der Waals surface area contributed by atoms with E-state index in [2.05, 4.69) is 10.6 Å². The summed E-state index contributed by atoms with van der Waals surface area (Å²) in [5.41, 5.74) is 1.82. The minimum atomic E-state index is -3.64. The average Bonchev–Trinajstić information content (AvgIpc) is 2.87. The van der Waals surface area contributed by atoms with Gasteiger partial charge in [-0.2, -0.15) is 0 Å². The maximum atomic E-state index is 13.2. The number of sulfone groups is 1. The molecule has 39 heavy (non-hydrogen) atoms. The number of ether oxygens (including phenoxy) is 1. The zero-order valence-corrected chi connectivity index (χ0v) is 24.3. The number of carbonyl (C=O) groups excluding carboxylic acids is 1. The number of rotatable bonds is 17. The van der Waals surface area contributed by atoms with E-state index in [1.165, 1.54) is 0 Å². The van der Waals surface area contributed by atoms with Gasteiger partial charge in [0.1, 0.15) is 5.75 Å². The van der Waals surface area contributed by atoms with Crippen LogP contribution >= 0.6 is 12.4 Å². The number of carboxylic acids is 1. The van der Waals surface area contributed by atoms with Crippen LogP contribution in [0.5, 0.6) is 5.75 Å². The van der Waals surface area contributed by atoms with E-state index in [0.717, 1.165) is 11.1 Å². The van der Waals surface area contributed by atoms with E-state index < -0.39 is 52.0 Å². The molecule has 2 aromatic carbocycles. The Kier molecular flexibility index (Phi) is 15.1. The van der Waals surface area contributed by atoms with Crippen molar-refractivity contribution in [3.05, 3.63) is 65.7 Å². The van der Waals surface area contributed by atoms with Gasteiger partial charge in [-0.1, -0.05) is 56.3 Å². The number of methoxy groups -OCH3 is 1. The van der Waals surface area contributed by atoms with Crippen molar-refractivity contribution in [3.63, 3.8) is 0 Å². The van der Waals surface area contributed by atoms with Crippen LogP contribution in [0.15, 0.2) is 54.6 Å². The molecule has 9 nitrogen and oxygen atoms in total. The molecule has 0 spiro atoms. The Bertz CT molecular complexity index is 1130. The van der Waals surface area contributed by atoms with E-state index in [0.29, 0.717) is 18.7 Å². The molecule has 2 rings (SSSR count). The molecule has 0 aliphatic rings. The summed E-state index contributed by atoms with van der Waals surface area (Å²) < 4.78 is 30.5. The van der Waals surface area contributed by atoms with Crippen LogP contribution in [-0.4, -0.2) is 67.8 Å². The highest BCUT2D eigenvalue weighted by atomic mass is 35.5. The standard InChI is InChI=1S/C28H40N2O7S.ClH/c1-20(2)12-13-38(35,36)19-23(16-27(32)33)28(34)30-25(15-21-8-5-4-6-9-21)26(31)18-29-17-22-10-7-11-24(14-22)37-3;/h4-11,14,20,23,25-26,29,31H,12-13,15-19H2,1-3H3,(H,30,34)(H,32,33);1H/t23?,25-,26-;/m0./s1. The van der Waals surface area contributed by atoms with Crippen LogP contribution in [0.25, 0.3) is 0 Å². The SMILES string of the molecule is COc1cccc(CNC[C@H](O)[C@H](Cc2ccccc2)NC(=O)C(CC(=O)O)CS(=O)(=O)CCC(C)C)c1.Cl. The van der Waals surface area contributed by atoms with Crippen LogP contribution in [0.2, 0.25) is 0 Å². The minimum absolute atomic E-state index is 0. The second kappa shape index (κ2) is 17.1. The second-order valence-corrected chi connectivity index (χ2v) is 12.2. The van der Waals surface area contributed by atoms with Gasteiger partial charge in [-0.25, -0.2) is 8.42 Å². The van der Waals surface area contributed by atoms with E-state index in [1.807, 2.05) is 68.4 Å². The zero-order valence-electron chi connectivity index (χ0n) is 22.7. The normalized spacial score (nSPS) is 13.7. The van der Waals surface area contributed by atoms with E-state index in [4.69, 9.17) is 4.74 Å². The highest BCUT2D eigenvalue weighted by molar-refractivity contribution is 7.91. The summed E-state index contributed by atoms with van der Waals surface area (Å²) in [4.78, 5) is 24.6. The molecule has 2 aromatic rings. The van der Waals surface area contributed by atoms with Gasteiger partial charge in [-0.3, -0.25) is 9.59 Å². The third-order valence-corrected chi connectivity index (χ3v) is 7.93. The fourth-order valence-corrected chi connectivity index (χ4v) is 5.86. The van der Waals surface area contributed by atoms with Gasteiger partial charge in [0.05, 0.1) is 43.1 Å². The summed E-state index contributed by atoms with van der Waals surface area (Å²) in [6, 6.07) is 16.0. The van der Waals surface area contributed by atoms with Gasteiger partial charge in [-0.05, 0) is 42.0 Å². The minimum Gasteiger partial charge on any atom is -0.497 e. The number of carboxylic acid groups (broad SMARTS) is 1. The molecule has 218 valence electrons. The van der Waals surface area contributed by atoms with Crippen LogP contribution in [0.4, 0.5) is 0 Å². The van der Waals surface area contributed by atoms with Crippen LogP contribution < -0.4 is 15.4 Å². The summed E-state index contributed by atoms with van der Waals surface area (Å²) in [5, 5.41) is 26.3. The molecule has 1 unspecified atom stereocenters. The molecule has 0 aromatic heterocycles. The smallest absolute Gasteiger partial charge is 0.304 e. The Labute approximate surface area is 237 Å². The van der Waals surface area contributed by atoms with Crippen molar-refractivity contribution in [1.82, 2.24) is 10.6 Å². The van der Waals surface area contributed by atoms with Crippen LogP contribution in [-0.2, 0) is 32.4 Å². The van der Waals surface area contributed by atoms with Gasteiger partial charge >= 0.3 is 5.97 Å². The van der Waals surface area contributed by atoms with Gasteiger partial charge in [0.2, 0.25) is 5.91 Å². The fourth-order valence-electron chi connectivity index (χ4n) is 3.98. The molecule has 0 fully saturated rings. The molecular weight excluding hydrogens is 544 g/mol. The van der Waals surface area contributed by atoms with Gasteiger partial charge in [0.25, 0.3) is 0 Å². The van der Waals surface area contributed by atoms with Crippen LogP contribution in [0.3, 0.4) is 0 Å². The number of aliphatic carboxylic acids is 1. The van der Waals surface area contributed by atoms with Crippen molar-refractivity contribution in [2.75, 3.05) is 25.2 Å². The predicted molar refractivity (Wildman–Crippen MR) is 154 cm³/mol. The Morgan fingerprint density at radius 1 is 1.03 bits per heavy atom. The number of hydrogen-bond donors (Lipinski definition) is 4. The quantitative estimate of drug-likeness (QED) is 0.222. The first-order chi connectivity index (χ1) is 18.0. The first-order valence-corrected chi connectivity index (χ1v) is 14.6. The molecule has 3 atom stereocenters. The maximum Gasteiger partial charge on any atom is 0.304 e.